The van der Waals surface area contributed by atoms with Crippen LogP contribution in [0.15, 0.2) is 24.3 Å². The van der Waals surface area contributed by atoms with Gasteiger partial charge in [0.2, 0.25) is 15.8 Å². The van der Waals surface area contributed by atoms with Crippen molar-refractivity contribution in [1.29, 1.82) is 0 Å². The van der Waals surface area contributed by atoms with E-state index in [0.29, 0.717) is 3.57 Å². The van der Waals surface area contributed by atoms with Gasteiger partial charge in [0, 0.05) is 16.2 Å². The number of aliphatic hydroxyl groups excluding tert-OH is 1. The van der Waals surface area contributed by atoms with Crippen molar-refractivity contribution in [1.82, 2.24) is 0 Å². The molecule has 1 aliphatic carbocycles. The van der Waals surface area contributed by atoms with Crippen molar-refractivity contribution in [3.05, 3.63) is 51.1 Å². The molecule has 28 heavy (non-hydrogen) atoms. The lowest BCUT2D eigenvalue weighted by molar-refractivity contribution is 0.283. The molecule has 152 valence electrons. The number of nitrogens with one attached hydrogen (secondary N) is 1. The van der Waals surface area contributed by atoms with Gasteiger partial charge in [-0.3, -0.25) is 4.72 Å². The minimum absolute atomic E-state index is 0.102. The Labute approximate surface area is 171 Å². The minimum atomic E-state index is -4.26. The van der Waals surface area contributed by atoms with Gasteiger partial charge in [-0.2, -0.15) is 4.39 Å². The lowest BCUT2D eigenvalue weighted by Crippen LogP contribution is -2.31. The largest absolute Gasteiger partial charge is 0.449 e. The summed E-state index contributed by atoms with van der Waals surface area (Å²) in [5.41, 5.74) is -0.971. The third-order valence-electron chi connectivity index (χ3n) is 4.42. The summed E-state index contributed by atoms with van der Waals surface area (Å²) >= 11 is 1.82. The van der Waals surface area contributed by atoms with Crippen LogP contribution in [0.1, 0.15) is 19.3 Å². The zero-order valence-electron chi connectivity index (χ0n) is 14.1. The monoisotopic (exact) mass is 531 g/mol. The van der Waals surface area contributed by atoms with Crippen molar-refractivity contribution in [2.45, 2.75) is 24.0 Å². The molecule has 3 rings (SSSR count). The van der Waals surface area contributed by atoms with Gasteiger partial charge >= 0.3 is 0 Å². The molecule has 0 atom stereocenters. The standard InChI is InChI=1S/C17H14F4INO4S/c18-10-7-9(22)1-2-13(10)27-16-14(21)11(19)8-12(20)15(16)23-28(25,26)17(3-4-17)5-6-24/h1-2,7-8,23-24H,3-6H2. The lowest BCUT2D eigenvalue weighted by atomic mass is 10.2. The average Bonchev–Trinajstić information content (AvgIpc) is 3.39. The Balaban J connectivity index is 2.05. The summed E-state index contributed by atoms with van der Waals surface area (Å²) in [6.45, 7) is -0.418. The number of rotatable bonds is 7. The first-order valence-electron chi connectivity index (χ1n) is 8.04. The molecule has 11 heteroatoms. The molecule has 0 amide bonds. The van der Waals surface area contributed by atoms with E-state index in [-0.39, 0.29) is 25.3 Å². The van der Waals surface area contributed by atoms with Gasteiger partial charge in [-0.15, -0.1) is 0 Å². The van der Waals surface area contributed by atoms with E-state index in [9.17, 15) is 26.0 Å². The Morgan fingerprint density at radius 2 is 1.79 bits per heavy atom. The summed E-state index contributed by atoms with van der Waals surface area (Å²) in [6.07, 6.45) is 0.335. The fourth-order valence-electron chi connectivity index (χ4n) is 2.67. The molecule has 0 radical (unpaired) electrons. The van der Waals surface area contributed by atoms with E-state index in [0.717, 1.165) is 12.1 Å². The lowest BCUT2D eigenvalue weighted by Gasteiger charge is -2.20. The zero-order valence-corrected chi connectivity index (χ0v) is 17.1. The molecule has 5 nitrogen and oxygen atoms in total. The molecule has 0 aliphatic heterocycles. The first kappa shape index (κ1) is 21.1. The number of anilines is 1. The van der Waals surface area contributed by atoms with Crippen molar-refractivity contribution in [3.8, 4) is 11.5 Å². The van der Waals surface area contributed by atoms with Gasteiger partial charge in [0.1, 0.15) is 5.69 Å². The number of ether oxygens (including phenoxy) is 1. The van der Waals surface area contributed by atoms with Gasteiger partial charge in [0.25, 0.3) is 0 Å². The first-order valence-corrected chi connectivity index (χ1v) is 10.6. The predicted octanol–water partition coefficient (Wildman–Crippen LogP) is 4.30. The van der Waals surface area contributed by atoms with Crippen LogP contribution in [0.4, 0.5) is 23.2 Å². The van der Waals surface area contributed by atoms with E-state index in [1.54, 1.807) is 0 Å². The summed E-state index contributed by atoms with van der Waals surface area (Å²) < 4.78 is 87.6. The first-order chi connectivity index (χ1) is 13.1. The molecule has 1 fully saturated rings. The molecular formula is C17H14F4INO4S. The van der Waals surface area contributed by atoms with Crippen LogP contribution in [0.2, 0.25) is 0 Å². The molecule has 0 heterocycles. The highest BCUT2D eigenvalue weighted by Gasteiger charge is 2.54. The van der Waals surface area contributed by atoms with Crippen LogP contribution in [-0.4, -0.2) is 24.9 Å². The van der Waals surface area contributed by atoms with E-state index in [4.69, 9.17) is 9.84 Å². The fraction of sp³-hybridized carbons (Fsp3) is 0.294. The molecule has 1 saturated carbocycles. The maximum atomic E-state index is 14.3. The molecule has 2 aromatic carbocycles. The number of aliphatic hydroxyl groups is 1. The molecule has 2 aromatic rings. The van der Waals surface area contributed by atoms with Crippen LogP contribution in [0.5, 0.6) is 11.5 Å². The molecule has 0 bridgehead atoms. The second-order valence-corrected chi connectivity index (χ2v) is 9.62. The van der Waals surface area contributed by atoms with Gasteiger partial charge in [-0.1, -0.05) is 0 Å². The van der Waals surface area contributed by atoms with E-state index < -0.39 is 61.8 Å². The zero-order chi connectivity index (χ0) is 20.7. The second-order valence-electron chi connectivity index (χ2n) is 6.30. The smallest absolute Gasteiger partial charge is 0.238 e. The molecule has 0 spiro atoms. The van der Waals surface area contributed by atoms with Crippen molar-refractivity contribution < 1.29 is 35.8 Å². The molecule has 2 N–H and O–H groups in total. The number of hydrogen-bond donors (Lipinski definition) is 2. The Kier molecular flexibility index (Phi) is 5.79. The molecular weight excluding hydrogens is 517 g/mol. The van der Waals surface area contributed by atoms with Crippen molar-refractivity contribution in [2.24, 2.45) is 0 Å². The SMILES string of the molecule is O=S(=O)(Nc1c(F)cc(F)c(F)c1Oc1ccc(I)cc1F)C1(CCO)CC1. The van der Waals surface area contributed by atoms with Crippen LogP contribution in [-0.2, 0) is 10.0 Å². The summed E-state index contributed by atoms with van der Waals surface area (Å²) in [5.74, 6) is -7.32. The molecule has 1 aliphatic rings. The topological polar surface area (TPSA) is 75.6 Å². The third-order valence-corrected chi connectivity index (χ3v) is 7.31. The van der Waals surface area contributed by atoms with Gasteiger partial charge in [0.15, 0.2) is 29.0 Å². The van der Waals surface area contributed by atoms with Gasteiger partial charge in [-0.25, -0.2) is 21.6 Å². The Morgan fingerprint density at radius 3 is 2.36 bits per heavy atom. The number of benzene rings is 2. The Hall–Kier alpha value is -1.60. The van der Waals surface area contributed by atoms with Crippen LogP contribution < -0.4 is 9.46 Å². The third kappa shape index (κ3) is 3.92. The average molecular weight is 531 g/mol. The van der Waals surface area contributed by atoms with Crippen molar-refractivity contribution in [2.75, 3.05) is 11.3 Å². The highest BCUT2D eigenvalue weighted by atomic mass is 127. The highest BCUT2D eigenvalue weighted by molar-refractivity contribution is 14.1. The van der Waals surface area contributed by atoms with Crippen molar-refractivity contribution in [3.63, 3.8) is 0 Å². The number of halogens is 5. The van der Waals surface area contributed by atoms with Crippen LogP contribution >= 0.6 is 22.6 Å². The predicted molar refractivity (Wildman–Crippen MR) is 102 cm³/mol. The Bertz CT molecular complexity index is 1030. The number of hydrogen-bond acceptors (Lipinski definition) is 4. The normalized spacial score (nSPS) is 15.4. The van der Waals surface area contributed by atoms with E-state index in [2.05, 4.69) is 0 Å². The fourth-order valence-corrected chi connectivity index (χ4v) is 4.80. The molecule has 0 saturated heterocycles. The van der Waals surface area contributed by atoms with Gasteiger partial charge < -0.3 is 9.84 Å². The highest BCUT2D eigenvalue weighted by Crippen LogP contribution is 2.48. The summed E-state index contributed by atoms with van der Waals surface area (Å²) in [4.78, 5) is 0. The molecule has 0 aromatic heterocycles. The second kappa shape index (κ2) is 7.67. The molecule has 0 unspecified atom stereocenters. The minimum Gasteiger partial charge on any atom is -0.449 e. The van der Waals surface area contributed by atoms with Crippen LogP contribution in [0.25, 0.3) is 0 Å². The van der Waals surface area contributed by atoms with E-state index in [1.807, 2.05) is 27.3 Å². The van der Waals surface area contributed by atoms with Crippen LogP contribution in [0, 0.1) is 26.8 Å². The quantitative estimate of drug-likeness (QED) is 0.318. The van der Waals surface area contributed by atoms with Gasteiger partial charge in [-0.05, 0) is 60.1 Å². The van der Waals surface area contributed by atoms with Gasteiger partial charge in [0.05, 0.1) is 4.75 Å². The summed E-state index contributed by atoms with van der Waals surface area (Å²) in [7, 11) is -4.26. The Morgan fingerprint density at radius 1 is 1.11 bits per heavy atom. The van der Waals surface area contributed by atoms with Crippen LogP contribution in [0.3, 0.4) is 0 Å². The van der Waals surface area contributed by atoms with E-state index >= 15 is 0 Å². The van der Waals surface area contributed by atoms with E-state index in [1.165, 1.54) is 6.07 Å². The number of sulfonamides is 1. The maximum Gasteiger partial charge on any atom is 0.238 e. The maximum absolute atomic E-state index is 14.3. The summed E-state index contributed by atoms with van der Waals surface area (Å²) in [5, 5.41) is 9.07. The van der Waals surface area contributed by atoms with Crippen molar-refractivity contribution >= 4 is 38.3 Å². The summed E-state index contributed by atoms with van der Waals surface area (Å²) in [6, 6.07) is 3.74.